The molecule has 0 spiro atoms. The number of aryl methyl sites for hydroxylation is 2. The summed E-state index contributed by atoms with van der Waals surface area (Å²) in [7, 11) is -2.13. The number of carbonyl (C=O) groups excluding carboxylic acids is 2. The number of hydrogen-bond acceptors (Lipinski definition) is 5. The predicted octanol–water partition coefficient (Wildman–Crippen LogP) is 2.86. The lowest BCUT2D eigenvalue weighted by atomic mass is 10.1. The van der Waals surface area contributed by atoms with Gasteiger partial charge in [0, 0.05) is 38.1 Å². The van der Waals surface area contributed by atoms with E-state index in [0.29, 0.717) is 43.8 Å². The molecule has 2 N–H and O–H groups in total. The molecule has 9 heteroatoms. The van der Waals surface area contributed by atoms with Gasteiger partial charge in [0.25, 0.3) is 15.9 Å². The van der Waals surface area contributed by atoms with Gasteiger partial charge in [-0.05, 0) is 80.6 Å². The van der Waals surface area contributed by atoms with Crippen molar-refractivity contribution in [3.05, 3.63) is 59.2 Å². The Balaban J connectivity index is 1.65. The number of sulfonamides is 1. The number of likely N-dealkylation sites (tertiary alicyclic amines) is 1. The van der Waals surface area contributed by atoms with Gasteiger partial charge in [-0.3, -0.25) is 14.3 Å². The van der Waals surface area contributed by atoms with Crippen LogP contribution in [0.1, 0.15) is 40.7 Å². The molecule has 2 aromatic rings. The molecule has 2 aromatic carbocycles. The molecule has 0 bridgehead atoms. The van der Waals surface area contributed by atoms with Crippen LogP contribution in [0.4, 0.5) is 5.69 Å². The fourth-order valence-electron chi connectivity index (χ4n) is 3.77. The van der Waals surface area contributed by atoms with Crippen LogP contribution in [0.2, 0.25) is 0 Å². The average molecular weight is 474 g/mol. The molecule has 0 aromatic heterocycles. The van der Waals surface area contributed by atoms with Crippen molar-refractivity contribution in [1.82, 2.24) is 10.2 Å². The zero-order valence-electron chi connectivity index (χ0n) is 19.3. The van der Waals surface area contributed by atoms with Gasteiger partial charge in [0.05, 0.1) is 4.90 Å². The predicted molar refractivity (Wildman–Crippen MR) is 127 cm³/mol. The number of rotatable bonds is 9. The average Bonchev–Trinajstić information content (AvgIpc) is 3.28. The molecule has 1 aliphatic heterocycles. The maximum Gasteiger partial charge on any atom is 0.261 e. The number of carbonyl (C=O) groups is 2. The Morgan fingerprint density at radius 3 is 2.48 bits per heavy atom. The minimum atomic E-state index is -3.74. The molecule has 1 saturated heterocycles. The van der Waals surface area contributed by atoms with E-state index in [9.17, 15) is 18.0 Å². The second-order valence-corrected chi connectivity index (χ2v) is 9.91. The van der Waals surface area contributed by atoms with Gasteiger partial charge in [0.2, 0.25) is 5.91 Å². The highest BCUT2D eigenvalue weighted by Crippen LogP contribution is 2.23. The first-order chi connectivity index (χ1) is 15.7. The lowest BCUT2D eigenvalue weighted by molar-refractivity contribution is -0.124. The van der Waals surface area contributed by atoms with E-state index < -0.39 is 16.1 Å². The van der Waals surface area contributed by atoms with Crippen molar-refractivity contribution in [1.29, 1.82) is 0 Å². The highest BCUT2D eigenvalue weighted by Gasteiger charge is 2.34. The van der Waals surface area contributed by atoms with Crippen molar-refractivity contribution in [2.24, 2.45) is 0 Å². The molecule has 2 amide bonds. The fourth-order valence-corrected chi connectivity index (χ4v) is 4.91. The highest BCUT2D eigenvalue weighted by molar-refractivity contribution is 7.92. The molecule has 3 rings (SSSR count). The summed E-state index contributed by atoms with van der Waals surface area (Å²) in [6.45, 7) is 5.36. The molecule has 1 fully saturated rings. The molecule has 0 radical (unpaired) electrons. The van der Waals surface area contributed by atoms with Crippen molar-refractivity contribution >= 4 is 27.5 Å². The summed E-state index contributed by atoms with van der Waals surface area (Å²) in [6.07, 6.45) is 2.09. The Bertz CT molecular complexity index is 1100. The monoisotopic (exact) mass is 473 g/mol. The highest BCUT2D eigenvalue weighted by atomic mass is 32.2. The van der Waals surface area contributed by atoms with E-state index in [0.717, 1.165) is 17.5 Å². The molecule has 1 heterocycles. The third kappa shape index (κ3) is 6.11. The van der Waals surface area contributed by atoms with Gasteiger partial charge in [0.15, 0.2) is 0 Å². The van der Waals surface area contributed by atoms with Crippen LogP contribution < -0.4 is 10.0 Å². The van der Waals surface area contributed by atoms with Gasteiger partial charge >= 0.3 is 0 Å². The van der Waals surface area contributed by atoms with Crippen LogP contribution in [0.5, 0.6) is 0 Å². The quantitative estimate of drug-likeness (QED) is 0.545. The van der Waals surface area contributed by atoms with Crippen LogP contribution in [0.3, 0.4) is 0 Å². The van der Waals surface area contributed by atoms with Gasteiger partial charge in [-0.1, -0.05) is 6.07 Å². The van der Waals surface area contributed by atoms with Gasteiger partial charge in [-0.15, -0.1) is 0 Å². The van der Waals surface area contributed by atoms with E-state index in [1.165, 1.54) is 0 Å². The van der Waals surface area contributed by atoms with E-state index in [4.69, 9.17) is 4.74 Å². The topological polar surface area (TPSA) is 105 Å². The molecule has 0 aliphatic carbocycles. The number of benzene rings is 2. The summed E-state index contributed by atoms with van der Waals surface area (Å²) in [5.74, 6) is -0.400. The first kappa shape index (κ1) is 24.7. The lowest BCUT2D eigenvalue weighted by Crippen LogP contribution is -2.46. The third-order valence-electron chi connectivity index (χ3n) is 5.81. The molecule has 1 atom stereocenters. The van der Waals surface area contributed by atoms with Crippen LogP contribution in [-0.4, -0.2) is 58.0 Å². The van der Waals surface area contributed by atoms with E-state index in [1.807, 2.05) is 13.8 Å². The van der Waals surface area contributed by atoms with Crippen LogP contribution >= 0.6 is 0 Å². The number of nitrogens with zero attached hydrogens (tertiary/aromatic N) is 1. The van der Waals surface area contributed by atoms with E-state index >= 15 is 0 Å². The number of methoxy groups -OCH3 is 1. The van der Waals surface area contributed by atoms with Gasteiger partial charge in [0.1, 0.15) is 6.04 Å². The molecule has 0 unspecified atom stereocenters. The number of nitrogens with one attached hydrogen (secondary N) is 2. The summed E-state index contributed by atoms with van der Waals surface area (Å²) in [5.41, 5.74) is 2.67. The Labute approximate surface area is 195 Å². The van der Waals surface area contributed by atoms with E-state index in [-0.39, 0.29) is 16.7 Å². The summed E-state index contributed by atoms with van der Waals surface area (Å²) in [6, 6.07) is 10.7. The molecule has 0 saturated carbocycles. The molecule has 8 nitrogen and oxygen atoms in total. The molecular formula is C24H31N3O5S. The fraction of sp³-hybridized carbons (Fsp3) is 0.417. The molecule has 178 valence electrons. The number of ether oxygens (including phenoxy) is 1. The van der Waals surface area contributed by atoms with Crippen molar-refractivity contribution in [2.45, 2.75) is 44.0 Å². The SMILES string of the molecule is COCCCNC(=O)[C@H]1CCCN1C(=O)c1ccc(NS(=O)(=O)c2ccc(C)c(C)c2)cc1. The molecule has 1 aliphatic rings. The number of anilines is 1. The first-order valence-corrected chi connectivity index (χ1v) is 12.5. The zero-order valence-corrected chi connectivity index (χ0v) is 20.1. The number of amides is 2. The maximum absolute atomic E-state index is 13.0. The van der Waals surface area contributed by atoms with Crippen molar-refractivity contribution < 1.29 is 22.7 Å². The van der Waals surface area contributed by atoms with Gasteiger partial charge in [-0.2, -0.15) is 0 Å². The Morgan fingerprint density at radius 1 is 1.09 bits per heavy atom. The summed E-state index contributed by atoms with van der Waals surface area (Å²) in [5, 5.41) is 2.86. The van der Waals surface area contributed by atoms with E-state index in [2.05, 4.69) is 10.0 Å². The van der Waals surface area contributed by atoms with Crippen LogP contribution in [0, 0.1) is 13.8 Å². The lowest BCUT2D eigenvalue weighted by Gasteiger charge is -2.24. The first-order valence-electron chi connectivity index (χ1n) is 11.0. The maximum atomic E-state index is 13.0. The zero-order chi connectivity index (χ0) is 24.0. The van der Waals surface area contributed by atoms with Gasteiger partial charge in [-0.25, -0.2) is 8.42 Å². The van der Waals surface area contributed by atoms with Crippen LogP contribution in [0.15, 0.2) is 47.4 Å². The standard InChI is InChI=1S/C24H31N3O5S/c1-17-7-12-21(16-18(17)2)33(30,31)26-20-10-8-19(9-11-20)24(29)27-14-4-6-22(27)23(28)25-13-5-15-32-3/h7-12,16,22,26H,4-6,13-15H2,1-3H3,(H,25,28)/t22-/m1/s1. The Morgan fingerprint density at radius 2 is 1.82 bits per heavy atom. The van der Waals surface area contributed by atoms with Gasteiger partial charge < -0.3 is 15.0 Å². The van der Waals surface area contributed by atoms with Crippen LogP contribution in [0.25, 0.3) is 0 Å². The third-order valence-corrected chi connectivity index (χ3v) is 7.19. The molecular weight excluding hydrogens is 442 g/mol. The Hall–Kier alpha value is -2.91. The van der Waals surface area contributed by atoms with Crippen molar-refractivity contribution in [2.75, 3.05) is 31.5 Å². The van der Waals surface area contributed by atoms with E-state index in [1.54, 1.807) is 54.5 Å². The summed E-state index contributed by atoms with van der Waals surface area (Å²) in [4.78, 5) is 27.3. The largest absolute Gasteiger partial charge is 0.385 e. The minimum Gasteiger partial charge on any atom is -0.385 e. The minimum absolute atomic E-state index is 0.158. The normalized spacial score (nSPS) is 16.0. The number of hydrogen-bond donors (Lipinski definition) is 2. The van der Waals surface area contributed by atoms with Crippen molar-refractivity contribution in [3.63, 3.8) is 0 Å². The summed E-state index contributed by atoms with van der Waals surface area (Å²) < 4.78 is 32.9. The van der Waals surface area contributed by atoms with Crippen molar-refractivity contribution in [3.8, 4) is 0 Å². The Kier molecular flexibility index (Phi) is 8.10. The second-order valence-electron chi connectivity index (χ2n) is 8.22. The molecule has 33 heavy (non-hydrogen) atoms. The second kappa shape index (κ2) is 10.8. The summed E-state index contributed by atoms with van der Waals surface area (Å²) >= 11 is 0. The van der Waals surface area contributed by atoms with Crippen LogP contribution in [-0.2, 0) is 19.6 Å². The smallest absolute Gasteiger partial charge is 0.261 e.